The van der Waals surface area contributed by atoms with Crippen LogP contribution in [0.3, 0.4) is 0 Å². The van der Waals surface area contributed by atoms with Gasteiger partial charge in [0.2, 0.25) is 5.91 Å². The Hall–Kier alpha value is -4.05. The van der Waals surface area contributed by atoms with Gasteiger partial charge >= 0.3 is 0 Å². The molecule has 0 spiro atoms. The SMILES string of the molecule is O=C(CC(Cc1ccc2cc[nH]c2c1)n1cc(CNC(=O)c2ccc(F)cc2)nn1)NO. The zero-order valence-corrected chi connectivity index (χ0v) is 17.0. The van der Waals surface area contributed by atoms with Crippen molar-refractivity contribution < 1.29 is 19.2 Å². The maximum absolute atomic E-state index is 13.0. The van der Waals surface area contributed by atoms with Crippen LogP contribution in [-0.2, 0) is 17.8 Å². The normalized spacial score (nSPS) is 11.9. The zero-order valence-electron chi connectivity index (χ0n) is 17.0. The van der Waals surface area contributed by atoms with Gasteiger partial charge in [0.1, 0.15) is 11.5 Å². The predicted octanol–water partition coefficient (Wildman–Crippen LogP) is 2.51. The van der Waals surface area contributed by atoms with Gasteiger partial charge in [-0.3, -0.25) is 14.8 Å². The van der Waals surface area contributed by atoms with Gasteiger partial charge in [-0.05, 0) is 53.8 Å². The van der Waals surface area contributed by atoms with E-state index in [4.69, 9.17) is 5.21 Å². The summed E-state index contributed by atoms with van der Waals surface area (Å²) in [5, 5.41) is 20.9. The summed E-state index contributed by atoms with van der Waals surface area (Å²) in [5.41, 5.74) is 4.45. The van der Waals surface area contributed by atoms with Gasteiger partial charge in [0, 0.05) is 17.3 Å². The number of H-pyrrole nitrogens is 1. The Morgan fingerprint density at radius 2 is 1.97 bits per heavy atom. The Morgan fingerprint density at radius 3 is 2.75 bits per heavy atom. The molecule has 0 saturated carbocycles. The lowest BCUT2D eigenvalue weighted by atomic mass is 10.0. The summed E-state index contributed by atoms with van der Waals surface area (Å²) < 4.78 is 14.6. The Morgan fingerprint density at radius 1 is 1.16 bits per heavy atom. The first-order valence-corrected chi connectivity index (χ1v) is 9.95. The van der Waals surface area contributed by atoms with Crippen molar-refractivity contribution >= 4 is 22.7 Å². The highest BCUT2D eigenvalue weighted by Crippen LogP contribution is 2.21. The van der Waals surface area contributed by atoms with E-state index < -0.39 is 17.8 Å². The van der Waals surface area contributed by atoms with Crippen LogP contribution in [0.2, 0.25) is 0 Å². The topological polar surface area (TPSA) is 125 Å². The summed E-state index contributed by atoms with van der Waals surface area (Å²) in [5.74, 6) is -1.33. The average molecular weight is 436 g/mol. The lowest BCUT2D eigenvalue weighted by Gasteiger charge is -2.16. The number of rotatable bonds is 8. The fourth-order valence-electron chi connectivity index (χ4n) is 3.46. The molecule has 10 heteroatoms. The molecule has 2 aromatic carbocycles. The van der Waals surface area contributed by atoms with Gasteiger partial charge in [-0.2, -0.15) is 0 Å². The van der Waals surface area contributed by atoms with Gasteiger partial charge in [-0.1, -0.05) is 17.3 Å². The van der Waals surface area contributed by atoms with Crippen molar-refractivity contribution in [2.45, 2.75) is 25.4 Å². The molecule has 0 saturated heterocycles. The van der Waals surface area contributed by atoms with Crippen molar-refractivity contribution in [1.82, 2.24) is 30.8 Å². The lowest BCUT2D eigenvalue weighted by Crippen LogP contribution is -2.25. The second-order valence-corrected chi connectivity index (χ2v) is 7.38. The molecule has 164 valence electrons. The maximum Gasteiger partial charge on any atom is 0.251 e. The molecule has 2 aromatic heterocycles. The standard InChI is InChI=1S/C22H21FN6O3/c23-17-5-3-16(4-6-17)22(31)25-12-18-13-29(28-26-18)19(11-21(30)27-32)9-14-1-2-15-7-8-24-20(15)10-14/h1-8,10,13,19,24,32H,9,11-12H2,(H,25,31)(H,27,30). The molecule has 1 unspecified atom stereocenters. The van der Waals surface area contributed by atoms with Crippen molar-refractivity contribution in [3.05, 3.63) is 83.6 Å². The number of benzene rings is 2. The van der Waals surface area contributed by atoms with E-state index in [9.17, 15) is 14.0 Å². The number of carbonyl (C=O) groups is 2. The van der Waals surface area contributed by atoms with Gasteiger partial charge in [-0.15, -0.1) is 5.10 Å². The summed E-state index contributed by atoms with van der Waals surface area (Å²) in [7, 11) is 0. The molecular formula is C22H21FN6O3. The third kappa shape index (κ3) is 4.98. The average Bonchev–Trinajstić information content (AvgIpc) is 3.46. The number of nitrogens with zero attached hydrogens (tertiary/aromatic N) is 3. The molecule has 2 amide bonds. The van der Waals surface area contributed by atoms with E-state index in [2.05, 4.69) is 20.6 Å². The molecule has 1 atom stereocenters. The second-order valence-electron chi connectivity index (χ2n) is 7.38. The molecule has 4 rings (SSSR count). The van der Waals surface area contributed by atoms with Crippen LogP contribution < -0.4 is 10.8 Å². The Kier molecular flexibility index (Phi) is 6.22. The summed E-state index contributed by atoms with van der Waals surface area (Å²) in [6, 6.07) is 12.8. The van der Waals surface area contributed by atoms with Gasteiger partial charge < -0.3 is 10.3 Å². The highest BCUT2D eigenvalue weighted by Gasteiger charge is 2.19. The number of amides is 2. The second kappa shape index (κ2) is 9.40. The monoisotopic (exact) mass is 436 g/mol. The number of halogens is 1. The van der Waals surface area contributed by atoms with Crippen LogP contribution in [-0.4, -0.2) is 37.0 Å². The minimum Gasteiger partial charge on any atom is -0.361 e. The van der Waals surface area contributed by atoms with Crippen LogP contribution in [0.15, 0.2) is 60.9 Å². The number of aromatic amines is 1. The third-order valence-corrected chi connectivity index (χ3v) is 5.10. The first-order chi connectivity index (χ1) is 15.5. The van der Waals surface area contributed by atoms with Gasteiger partial charge in [0.15, 0.2) is 0 Å². The molecule has 4 aromatic rings. The first-order valence-electron chi connectivity index (χ1n) is 9.95. The molecule has 0 aliphatic carbocycles. The largest absolute Gasteiger partial charge is 0.361 e. The number of hydrogen-bond acceptors (Lipinski definition) is 5. The molecule has 0 aliphatic rings. The molecule has 32 heavy (non-hydrogen) atoms. The quantitative estimate of drug-likeness (QED) is 0.250. The molecule has 2 heterocycles. The van der Waals surface area contributed by atoms with E-state index in [-0.39, 0.29) is 18.9 Å². The van der Waals surface area contributed by atoms with Crippen LogP contribution in [0, 0.1) is 5.82 Å². The molecule has 0 fully saturated rings. The fourth-order valence-corrected chi connectivity index (χ4v) is 3.46. The number of carbonyl (C=O) groups excluding carboxylic acids is 2. The van der Waals surface area contributed by atoms with E-state index in [0.29, 0.717) is 17.7 Å². The number of aromatic nitrogens is 4. The van der Waals surface area contributed by atoms with E-state index in [0.717, 1.165) is 16.5 Å². The number of hydrogen-bond donors (Lipinski definition) is 4. The van der Waals surface area contributed by atoms with Crippen LogP contribution in [0.5, 0.6) is 0 Å². The van der Waals surface area contributed by atoms with E-state index in [1.807, 2.05) is 30.5 Å². The Bertz CT molecular complexity index is 1230. The highest BCUT2D eigenvalue weighted by molar-refractivity contribution is 5.94. The van der Waals surface area contributed by atoms with E-state index in [1.165, 1.54) is 24.3 Å². The van der Waals surface area contributed by atoms with Crippen molar-refractivity contribution in [3.63, 3.8) is 0 Å². The van der Waals surface area contributed by atoms with Gasteiger partial charge in [-0.25, -0.2) is 14.6 Å². The zero-order chi connectivity index (χ0) is 22.5. The summed E-state index contributed by atoms with van der Waals surface area (Å²) in [4.78, 5) is 27.2. The molecule has 0 radical (unpaired) electrons. The van der Waals surface area contributed by atoms with Crippen molar-refractivity contribution in [2.24, 2.45) is 0 Å². The Balaban J connectivity index is 1.46. The number of hydroxylamine groups is 1. The van der Waals surface area contributed by atoms with Crippen molar-refractivity contribution in [2.75, 3.05) is 0 Å². The summed E-state index contributed by atoms with van der Waals surface area (Å²) in [6.45, 7) is 0.115. The van der Waals surface area contributed by atoms with Crippen LogP contribution >= 0.6 is 0 Å². The van der Waals surface area contributed by atoms with E-state index in [1.54, 1.807) is 16.4 Å². The molecular weight excluding hydrogens is 415 g/mol. The van der Waals surface area contributed by atoms with Gasteiger partial charge in [0.05, 0.1) is 25.2 Å². The number of fused-ring (bicyclic) bond motifs is 1. The molecule has 9 nitrogen and oxygen atoms in total. The Labute approximate surface area is 182 Å². The van der Waals surface area contributed by atoms with E-state index >= 15 is 0 Å². The fraction of sp³-hybridized carbons (Fsp3) is 0.182. The summed E-state index contributed by atoms with van der Waals surface area (Å²) in [6.07, 6.45) is 3.97. The molecule has 0 aliphatic heterocycles. The van der Waals surface area contributed by atoms with Crippen molar-refractivity contribution in [1.29, 1.82) is 0 Å². The third-order valence-electron chi connectivity index (χ3n) is 5.10. The molecule has 0 bridgehead atoms. The first kappa shape index (κ1) is 21.2. The smallest absolute Gasteiger partial charge is 0.251 e. The molecule has 4 N–H and O–H groups in total. The van der Waals surface area contributed by atoms with Crippen LogP contribution in [0.4, 0.5) is 4.39 Å². The highest BCUT2D eigenvalue weighted by atomic mass is 19.1. The van der Waals surface area contributed by atoms with Crippen LogP contribution in [0.25, 0.3) is 10.9 Å². The minimum absolute atomic E-state index is 0.00992. The minimum atomic E-state index is -0.544. The van der Waals surface area contributed by atoms with Crippen LogP contribution in [0.1, 0.15) is 34.1 Å². The van der Waals surface area contributed by atoms with Gasteiger partial charge in [0.25, 0.3) is 5.91 Å². The lowest BCUT2D eigenvalue weighted by molar-refractivity contribution is -0.130. The maximum atomic E-state index is 13.0. The predicted molar refractivity (Wildman–Crippen MR) is 113 cm³/mol. The number of nitrogens with one attached hydrogen (secondary N) is 3. The summed E-state index contributed by atoms with van der Waals surface area (Å²) >= 11 is 0. The van der Waals surface area contributed by atoms with Crippen molar-refractivity contribution in [3.8, 4) is 0 Å².